The van der Waals surface area contributed by atoms with Crippen molar-refractivity contribution in [3.63, 3.8) is 0 Å². The topological polar surface area (TPSA) is 50.9 Å². The molecule has 5 heteroatoms. The van der Waals surface area contributed by atoms with Gasteiger partial charge in [-0.25, -0.2) is 4.98 Å². The first-order valence-corrected chi connectivity index (χ1v) is 17.7. The second kappa shape index (κ2) is 13.5. The number of nitrogens with zero attached hydrogens (tertiary/aromatic N) is 3. The molecule has 268 valence electrons. The number of imidazole rings is 1. The van der Waals surface area contributed by atoms with Crippen molar-refractivity contribution in [1.29, 1.82) is 0 Å². The Balaban J connectivity index is 0.00000504. The number of rotatable bonds is 4. The molecular weight excluding hydrogens is 806 g/mol. The third kappa shape index (κ3) is 7.77. The van der Waals surface area contributed by atoms with E-state index in [2.05, 4.69) is 136 Å². The summed E-state index contributed by atoms with van der Waals surface area (Å²) in [5.41, 5.74) is 11.9. The summed E-state index contributed by atoms with van der Waals surface area (Å²) in [7, 11) is 0. The van der Waals surface area contributed by atoms with Gasteiger partial charge in [0.05, 0.1) is 16.6 Å². The van der Waals surface area contributed by atoms with Crippen molar-refractivity contribution in [3.05, 3.63) is 119 Å². The minimum Gasteiger partial charge on any atom is -0.507 e. The molecule has 0 aliphatic carbocycles. The van der Waals surface area contributed by atoms with Gasteiger partial charge in [0.2, 0.25) is 0 Å². The Kier molecular flexibility index (Phi) is 10.1. The van der Waals surface area contributed by atoms with E-state index in [9.17, 15) is 5.11 Å². The van der Waals surface area contributed by atoms with Crippen molar-refractivity contribution in [2.75, 3.05) is 0 Å². The van der Waals surface area contributed by atoms with E-state index >= 15 is 0 Å². The number of fused-ring (bicyclic) bond motifs is 1. The average molecular weight is 858 g/mol. The first-order valence-electron chi connectivity index (χ1n) is 17.7. The van der Waals surface area contributed by atoms with Crippen LogP contribution in [0.15, 0.2) is 91.1 Å². The minimum absolute atomic E-state index is 0. The quantitative estimate of drug-likeness (QED) is 0.180. The molecular formula is C46H52N3OPt-. The molecule has 2 aromatic heterocycles. The number of aromatic hydroxyl groups is 1. The van der Waals surface area contributed by atoms with Crippen molar-refractivity contribution >= 4 is 11.0 Å². The molecule has 0 fully saturated rings. The van der Waals surface area contributed by atoms with Crippen LogP contribution >= 0.6 is 0 Å². The molecule has 0 aliphatic heterocycles. The molecule has 4 nitrogen and oxygen atoms in total. The summed E-state index contributed by atoms with van der Waals surface area (Å²) in [4.78, 5) is 10.2. The monoisotopic (exact) mass is 857 g/mol. The Hall–Kier alpha value is -4.01. The Morgan fingerprint density at radius 1 is 0.569 bits per heavy atom. The van der Waals surface area contributed by atoms with Crippen molar-refractivity contribution in [1.82, 2.24) is 14.5 Å². The van der Waals surface area contributed by atoms with Crippen LogP contribution in [-0.4, -0.2) is 19.6 Å². The molecule has 1 N–H and O–H groups in total. The molecule has 0 atom stereocenters. The van der Waals surface area contributed by atoms with E-state index in [1.165, 1.54) is 22.3 Å². The van der Waals surface area contributed by atoms with Gasteiger partial charge in [0.15, 0.2) is 0 Å². The van der Waals surface area contributed by atoms with Crippen LogP contribution in [0.5, 0.6) is 5.75 Å². The van der Waals surface area contributed by atoms with Crippen LogP contribution in [0.25, 0.3) is 50.5 Å². The number of aromatic nitrogens is 3. The standard InChI is InChI=1S/C46H52N3O.Pt/c1-43(2,3)31-22-29(21-30(23-31)38-18-15-16-20-47-38)37-27-34(46(10,11)12)28-39-41(37)48-42(36-17-13-14-19-40(36)50)49(39)35-25-32(44(4,5)6)24-33(26-35)45(7,8)9;/h13-20,22-28,50H,1-12H3;/q-1;. The fourth-order valence-electron chi connectivity index (χ4n) is 6.33. The maximum Gasteiger partial charge on any atom is 0.148 e. The average Bonchev–Trinajstić information content (AvgIpc) is 3.42. The molecule has 0 aliphatic rings. The van der Waals surface area contributed by atoms with Crippen molar-refractivity contribution in [2.45, 2.75) is 105 Å². The maximum absolute atomic E-state index is 11.3. The summed E-state index contributed by atoms with van der Waals surface area (Å²) in [5.74, 6) is 0.900. The zero-order valence-corrected chi connectivity index (χ0v) is 34.5. The van der Waals surface area contributed by atoms with E-state index in [4.69, 9.17) is 9.97 Å². The summed E-state index contributed by atoms with van der Waals surface area (Å²) in [6.45, 7) is 27.1. The number of phenols is 1. The Labute approximate surface area is 319 Å². The first-order chi connectivity index (χ1) is 23.2. The number of benzene rings is 4. The van der Waals surface area contributed by atoms with Gasteiger partial charge in [-0.05, 0) is 74.7 Å². The zero-order valence-electron chi connectivity index (χ0n) is 32.3. The molecule has 6 aromatic rings. The van der Waals surface area contributed by atoms with Crippen LogP contribution in [0.3, 0.4) is 0 Å². The molecule has 0 spiro atoms. The van der Waals surface area contributed by atoms with Crippen LogP contribution < -0.4 is 0 Å². The second-order valence-corrected chi connectivity index (χ2v) is 17.9. The first kappa shape index (κ1) is 38.2. The van der Waals surface area contributed by atoms with Crippen LogP contribution in [0.4, 0.5) is 0 Å². The number of hydrogen-bond acceptors (Lipinski definition) is 3. The van der Waals surface area contributed by atoms with Crippen LogP contribution in [0.2, 0.25) is 0 Å². The third-order valence-corrected chi connectivity index (χ3v) is 9.65. The van der Waals surface area contributed by atoms with Crippen LogP contribution in [0.1, 0.15) is 105 Å². The van der Waals surface area contributed by atoms with Gasteiger partial charge in [-0.15, -0.1) is 29.3 Å². The summed E-state index contributed by atoms with van der Waals surface area (Å²) in [6.07, 6.45) is 1.84. The predicted octanol–water partition coefficient (Wildman–Crippen LogP) is 12.1. The van der Waals surface area contributed by atoms with Gasteiger partial charge < -0.3 is 5.11 Å². The van der Waals surface area contributed by atoms with E-state index < -0.39 is 0 Å². The Morgan fingerprint density at radius 3 is 1.65 bits per heavy atom. The van der Waals surface area contributed by atoms with E-state index in [0.29, 0.717) is 11.4 Å². The van der Waals surface area contributed by atoms with Gasteiger partial charge in [0.25, 0.3) is 0 Å². The molecule has 0 amide bonds. The fraction of sp³-hybridized carbons (Fsp3) is 0.348. The molecule has 0 saturated carbocycles. The molecule has 6 rings (SSSR count). The van der Waals surface area contributed by atoms with E-state index in [0.717, 1.165) is 39.1 Å². The van der Waals surface area contributed by atoms with Crippen molar-refractivity contribution in [2.24, 2.45) is 0 Å². The largest absolute Gasteiger partial charge is 0.507 e. The number of phenolic OH excluding ortho intramolecular Hbond substituents is 1. The predicted molar refractivity (Wildman–Crippen MR) is 210 cm³/mol. The summed E-state index contributed by atoms with van der Waals surface area (Å²) in [6, 6.07) is 33.3. The summed E-state index contributed by atoms with van der Waals surface area (Å²) in [5, 5.41) is 11.3. The summed E-state index contributed by atoms with van der Waals surface area (Å²) < 4.78 is 2.26. The number of para-hydroxylation sites is 1. The van der Waals surface area contributed by atoms with Gasteiger partial charge in [-0.1, -0.05) is 131 Å². The van der Waals surface area contributed by atoms with Crippen molar-refractivity contribution < 1.29 is 26.2 Å². The molecule has 0 unspecified atom stereocenters. The molecule has 2 heterocycles. The third-order valence-electron chi connectivity index (χ3n) is 9.65. The maximum atomic E-state index is 11.3. The molecule has 0 radical (unpaired) electrons. The van der Waals surface area contributed by atoms with Gasteiger partial charge in [-0.2, -0.15) is 0 Å². The number of pyridine rings is 1. The van der Waals surface area contributed by atoms with E-state index in [1.807, 2.05) is 42.6 Å². The van der Waals surface area contributed by atoms with Crippen LogP contribution in [0, 0.1) is 6.07 Å². The molecule has 51 heavy (non-hydrogen) atoms. The van der Waals surface area contributed by atoms with Gasteiger partial charge in [-0.3, -0.25) is 9.55 Å². The van der Waals surface area contributed by atoms with Gasteiger partial charge in [0.1, 0.15) is 11.6 Å². The fourth-order valence-corrected chi connectivity index (χ4v) is 6.33. The minimum atomic E-state index is -0.150. The Bertz CT molecular complexity index is 2170. The van der Waals surface area contributed by atoms with E-state index in [1.54, 1.807) is 6.07 Å². The van der Waals surface area contributed by atoms with Crippen LogP contribution in [-0.2, 0) is 42.7 Å². The smallest absolute Gasteiger partial charge is 0.148 e. The Morgan fingerprint density at radius 2 is 1.10 bits per heavy atom. The molecule has 4 aromatic carbocycles. The van der Waals surface area contributed by atoms with Gasteiger partial charge in [0, 0.05) is 38.6 Å². The second-order valence-electron chi connectivity index (χ2n) is 17.9. The summed E-state index contributed by atoms with van der Waals surface area (Å²) >= 11 is 0. The molecule has 0 saturated heterocycles. The van der Waals surface area contributed by atoms with Crippen molar-refractivity contribution in [3.8, 4) is 45.2 Å². The SMILES string of the molecule is CC(C)(C)c1cc(-c2ccccn2)[c-]c(-c2cc(C(C)(C)C)cc3c2nc(-c2ccccc2O)n3-c2cc(C(C)(C)C)cc(C(C)(C)C)c2)c1.[Pt]. The van der Waals surface area contributed by atoms with E-state index in [-0.39, 0.29) is 48.5 Å². The number of hydrogen-bond donors (Lipinski definition) is 1. The molecule has 0 bridgehead atoms. The van der Waals surface area contributed by atoms with Gasteiger partial charge >= 0.3 is 0 Å². The zero-order chi connectivity index (χ0) is 36.4. The normalized spacial score (nSPS) is 12.6.